The summed E-state index contributed by atoms with van der Waals surface area (Å²) in [6, 6.07) is -0.0694. The number of hydrogen-bond donors (Lipinski definition) is 2. The summed E-state index contributed by atoms with van der Waals surface area (Å²) in [5, 5.41) is 3.03. The normalized spacial score (nSPS) is 34.8. The highest BCUT2D eigenvalue weighted by molar-refractivity contribution is 5.80. The summed E-state index contributed by atoms with van der Waals surface area (Å²) in [5.41, 5.74) is 5.06. The zero-order valence-electron chi connectivity index (χ0n) is 5.55. The molecule has 9 heavy (non-hydrogen) atoms. The van der Waals surface area contributed by atoms with Crippen LogP contribution in [0.1, 0.15) is 13.3 Å². The highest BCUT2D eigenvalue weighted by atomic mass is 16.1. The first kappa shape index (κ1) is 6.55. The molecule has 1 aliphatic rings. The largest absolute Gasteiger partial charge is 0.368 e. The van der Waals surface area contributed by atoms with Crippen LogP contribution in [0.2, 0.25) is 0 Å². The smallest absolute Gasteiger partial charge is 0.234 e. The van der Waals surface area contributed by atoms with Crippen LogP contribution < -0.4 is 11.1 Å². The van der Waals surface area contributed by atoms with E-state index in [0.29, 0.717) is 5.92 Å². The first-order valence-corrected chi connectivity index (χ1v) is 3.23. The lowest BCUT2D eigenvalue weighted by Crippen LogP contribution is -2.36. The van der Waals surface area contributed by atoms with Crippen molar-refractivity contribution in [3.8, 4) is 0 Å². The molecule has 0 spiro atoms. The molecule has 3 heteroatoms. The molecule has 3 nitrogen and oxygen atoms in total. The second kappa shape index (κ2) is 2.35. The van der Waals surface area contributed by atoms with Gasteiger partial charge >= 0.3 is 0 Å². The Bertz CT molecular complexity index is 124. The maximum atomic E-state index is 10.5. The monoisotopic (exact) mass is 128 g/mol. The number of nitrogens with one attached hydrogen (secondary N) is 1. The minimum absolute atomic E-state index is 0.0694. The molecule has 0 radical (unpaired) electrons. The molecule has 3 N–H and O–H groups in total. The van der Waals surface area contributed by atoms with Gasteiger partial charge in [0, 0.05) is 0 Å². The molecule has 1 aliphatic heterocycles. The molecule has 0 aromatic carbocycles. The second-order valence-corrected chi connectivity index (χ2v) is 2.70. The highest BCUT2D eigenvalue weighted by Gasteiger charge is 2.24. The van der Waals surface area contributed by atoms with Crippen LogP contribution in [-0.2, 0) is 4.79 Å². The summed E-state index contributed by atoms with van der Waals surface area (Å²) in [7, 11) is 0. The average Bonchev–Trinajstić information content (AvgIpc) is 2.14. The van der Waals surface area contributed by atoms with Gasteiger partial charge in [-0.1, -0.05) is 6.92 Å². The summed E-state index contributed by atoms with van der Waals surface area (Å²) < 4.78 is 0. The number of amides is 1. The van der Waals surface area contributed by atoms with E-state index in [1.54, 1.807) is 0 Å². The minimum atomic E-state index is -0.223. The number of carbonyl (C=O) groups excluding carboxylic acids is 1. The van der Waals surface area contributed by atoms with Gasteiger partial charge in [0.15, 0.2) is 0 Å². The van der Waals surface area contributed by atoms with E-state index < -0.39 is 0 Å². The fourth-order valence-electron chi connectivity index (χ4n) is 1.13. The number of hydrogen-bond acceptors (Lipinski definition) is 2. The van der Waals surface area contributed by atoms with Gasteiger partial charge in [-0.15, -0.1) is 0 Å². The van der Waals surface area contributed by atoms with Gasteiger partial charge in [0.05, 0.1) is 6.04 Å². The van der Waals surface area contributed by atoms with Crippen molar-refractivity contribution in [3.05, 3.63) is 0 Å². The molecule has 1 amide bonds. The number of nitrogens with two attached hydrogens (primary N) is 1. The van der Waals surface area contributed by atoms with Crippen LogP contribution in [-0.4, -0.2) is 18.5 Å². The zero-order valence-corrected chi connectivity index (χ0v) is 5.55. The summed E-state index contributed by atoms with van der Waals surface area (Å²) in [5.74, 6) is 0.377. The lowest BCUT2D eigenvalue weighted by molar-refractivity contribution is -0.119. The highest BCUT2D eigenvalue weighted by Crippen LogP contribution is 2.11. The predicted octanol–water partition coefficient (Wildman–Crippen LogP) is -0.530. The zero-order chi connectivity index (χ0) is 6.85. The van der Waals surface area contributed by atoms with Crippen LogP contribution in [0, 0.1) is 5.92 Å². The Morgan fingerprint density at radius 2 is 2.44 bits per heavy atom. The first-order chi connectivity index (χ1) is 4.20. The third kappa shape index (κ3) is 1.42. The van der Waals surface area contributed by atoms with E-state index in [9.17, 15) is 4.79 Å². The number of primary amides is 1. The van der Waals surface area contributed by atoms with Crippen molar-refractivity contribution in [2.45, 2.75) is 19.4 Å². The SMILES string of the molecule is C[C@H]1CNC(C(N)=O)C1. The second-order valence-electron chi connectivity index (χ2n) is 2.70. The fourth-order valence-corrected chi connectivity index (χ4v) is 1.13. The maximum absolute atomic E-state index is 10.5. The predicted molar refractivity (Wildman–Crippen MR) is 34.8 cm³/mol. The topological polar surface area (TPSA) is 55.1 Å². The standard InChI is InChI=1S/C6H12N2O/c1-4-2-5(6(7)9)8-3-4/h4-5,8H,2-3H2,1H3,(H2,7,9)/t4-,5?/m1/s1. The Hall–Kier alpha value is -0.570. The van der Waals surface area contributed by atoms with Crippen LogP contribution in [0.3, 0.4) is 0 Å². The molecule has 0 aromatic heterocycles. The maximum Gasteiger partial charge on any atom is 0.234 e. The van der Waals surface area contributed by atoms with Crippen molar-refractivity contribution in [1.82, 2.24) is 5.32 Å². The van der Waals surface area contributed by atoms with Crippen LogP contribution in [0.25, 0.3) is 0 Å². The van der Waals surface area contributed by atoms with E-state index in [4.69, 9.17) is 5.73 Å². The van der Waals surface area contributed by atoms with Gasteiger partial charge in [0.25, 0.3) is 0 Å². The van der Waals surface area contributed by atoms with Crippen molar-refractivity contribution in [2.24, 2.45) is 11.7 Å². The molecule has 1 unspecified atom stereocenters. The number of carbonyl (C=O) groups is 1. The molecule has 1 rings (SSSR count). The third-order valence-corrected chi connectivity index (χ3v) is 1.69. The molecule has 1 fully saturated rings. The van der Waals surface area contributed by atoms with Crippen LogP contribution in [0.4, 0.5) is 0 Å². The van der Waals surface area contributed by atoms with Crippen LogP contribution >= 0.6 is 0 Å². The van der Waals surface area contributed by atoms with E-state index in [2.05, 4.69) is 12.2 Å². The lowest BCUT2D eigenvalue weighted by Gasteiger charge is -2.01. The molecule has 2 atom stereocenters. The Balaban J connectivity index is 2.39. The molecule has 0 saturated carbocycles. The Morgan fingerprint density at radius 1 is 1.78 bits per heavy atom. The quantitative estimate of drug-likeness (QED) is 0.498. The van der Waals surface area contributed by atoms with Gasteiger partial charge in [-0.2, -0.15) is 0 Å². The molecular weight excluding hydrogens is 116 g/mol. The Labute approximate surface area is 54.6 Å². The van der Waals surface area contributed by atoms with E-state index in [1.165, 1.54) is 0 Å². The van der Waals surface area contributed by atoms with Gasteiger partial charge in [-0.25, -0.2) is 0 Å². The van der Waals surface area contributed by atoms with Gasteiger partial charge in [-0.05, 0) is 18.9 Å². The molecule has 1 saturated heterocycles. The third-order valence-electron chi connectivity index (χ3n) is 1.69. The van der Waals surface area contributed by atoms with E-state index in [-0.39, 0.29) is 11.9 Å². The van der Waals surface area contributed by atoms with Crippen molar-refractivity contribution in [3.63, 3.8) is 0 Å². The van der Waals surface area contributed by atoms with E-state index >= 15 is 0 Å². The first-order valence-electron chi connectivity index (χ1n) is 3.23. The minimum Gasteiger partial charge on any atom is -0.368 e. The molecule has 1 heterocycles. The van der Waals surface area contributed by atoms with Crippen molar-refractivity contribution >= 4 is 5.91 Å². The average molecular weight is 128 g/mol. The number of rotatable bonds is 1. The van der Waals surface area contributed by atoms with Crippen molar-refractivity contribution in [1.29, 1.82) is 0 Å². The molecule has 0 aromatic rings. The Morgan fingerprint density at radius 3 is 2.67 bits per heavy atom. The molecular formula is C6H12N2O. The van der Waals surface area contributed by atoms with Gasteiger partial charge in [0.1, 0.15) is 0 Å². The fraction of sp³-hybridized carbons (Fsp3) is 0.833. The van der Waals surface area contributed by atoms with E-state index in [0.717, 1.165) is 13.0 Å². The van der Waals surface area contributed by atoms with E-state index in [1.807, 2.05) is 0 Å². The summed E-state index contributed by atoms with van der Waals surface area (Å²) >= 11 is 0. The van der Waals surface area contributed by atoms with Crippen molar-refractivity contribution < 1.29 is 4.79 Å². The van der Waals surface area contributed by atoms with Gasteiger partial charge in [0.2, 0.25) is 5.91 Å². The lowest BCUT2D eigenvalue weighted by atomic mass is 10.1. The molecule has 52 valence electrons. The molecule has 0 bridgehead atoms. The molecule has 0 aliphatic carbocycles. The van der Waals surface area contributed by atoms with Crippen molar-refractivity contribution in [2.75, 3.05) is 6.54 Å². The Kier molecular flexibility index (Phi) is 1.71. The summed E-state index contributed by atoms with van der Waals surface area (Å²) in [4.78, 5) is 10.5. The summed E-state index contributed by atoms with van der Waals surface area (Å²) in [6.07, 6.45) is 0.898. The summed E-state index contributed by atoms with van der Waals surface area (Å²) in [6.45, 7) is 3.03. The van der Waals surface area contributed by atoms with Crippen LogP contribution in [0.15, 0.2) is 0 Å². The van der Waals surface area contributed by atoms with Gasteiger partial charge < -0.3 is 11.1 Å². The van der Waals surface area contributed by atoms with Gasteiger partial charge in [-0.3, -0.25) is 4.79 Å². The van der Waals surface area contributed by atoms with Crippen LogP contribution in [0.5, 0.6) is 0 Å².